The van der Waals surface area contributed by atoms with E-state index in [1.54, 1.807) is 6.07 Å². The van der Waals surface area contributed by atoms with Crippen molar-refractivity contribution in [1.82, 2.24) is 29.9 Å². The van der Waals surface area contributed by atoms with Gasteiger partial charge in [0.1, 0.15) is 11.5 Å². The zero-order valence-corrected chi connectivity index (χ0v) is 22.9. The number of hydrogen-bond acceptors (Lipinski definition) is 7. The number of nitrogens with one attached hydrogen (secondary N) is 2. The van der Waals surface area contributed by atoms with Gasteiger partial charge >= 0.3 is 5.69 Å². The third-order valence-electron chi connectivity index (χ3n) is 7.98. The highest BCUT2D eigenvalue weighted by molar-refractivity contribution is 5.79. The van der Waals surface area contributed by atoms with Crippen molar-refractivity contribution in [1.29, 1.82) is 0 Å². The Morgan fingerprint density at radius 2 is 1.79 bits per heavy atom. The SMILES string of the molecule is CC(C)c1cc(-c2n[nH]c(=O)n2-c2ccc(CN3CCC(C(=O)NC4CCN(C)C4)CC3)cc2)c(O)cc1O. The highest BCUT2D eigenvalue weighted by Gasteiger charge is 2.28. The van der Waals surface area contributed by atoms with Crippen LogP contribution >= 0.6 is 0 Å². The van der Waals surface area contributed by atoms with E-state index in [0.29, 0.717) is 16.8 Å². The summed E-state index contributed by atoms with van der Waals surface area (Å²) in [7, 11) is 2.09. The minimum Gasteiger partial charge on any atom is -0.508 e. The van der Waals surface area contributed by atoms with Crippen LogP contribution in [0.4, 0.5) is 0 Å². The molecule has 0 saturated carbocycles. The number of benzene rings is 2. The Bertz CT molecular complexity index is 1370. The Balaban J connectivity index is 1.24. The van der Waals surface area contributed by atoms with Gasteiger partial charge in [-0.25, -0.2) is 14.5 Å². The van der Waals surface area contributed by atoms with Crippen molar-refractivity contribution in [2.24, 2.45) is 5.92 Å². The summed E-state index contributed by atoms with van der Waals surface area (Å²) in [6.45, 7) is 8.37. The van der Waals surface area contributed by atoms with Crippen molar-refractivity contribution in [3.8, 4) is 28.6 Å². The van der Waals surface area contributed by atoms with E-state index in [4.69, 9.17) is 0 Å². The fraction of sp³-hybridized carbons (Fsp3) is 0.483. The summed E-state index contributed by atoms with van der Waals surface area (Å²) in [5.74, 6) is 0.426. The van der Waals surface area contributed by atoms with Gasteiger partial charge in [0.15, 0.2) is 5.82 Å². The summed E-state index contributed by atoms with van der Waals surface area (Å²) in [5, 5.41) is 30.6. The molecule has 3 heterocycles. The lowest BCUT2D eigenvalue weighted by Gasteiger charge is -2.32. The second-order valence-electron chi connectivity index (χ2n) is 11.2. The summed E-state index contributed by atoms with van der Waals surface area (Å²) >= 11 is 0. The van der Waals surface area contributed by atoms with Gasteiger partial charge < -0.3 is 20.4 Å². The molecule has 1 aromatic heterocycles. The largest absolute Gasteiger partial charge is 0.508 e. The summed E-state index contributed by atoms with van der Waals surface area (Å²) in [4.78, 5) is 30.0. The molecular formula is C29H38N6O4. The number of aromatic amines is 1. The molecule has 5 rings (SSSR count). The number of H-pyrrole nitrogens is 1. The van der Waals surface area contributed by atoms with Crippen molar-refractivity contribution >= 4 is 5.91 Å². The number of phenols is 2. The number of phenolic OH excluding ortho intramolecular Hbond substituents is 2. The molecular weight excluding hydrogens is 496 g/mol. The number of piperidine rings is 1. The average Bonchev–Trinajstić information content (AvgIpc) is 3.49. The molecule has 0 aliphatic carbocycles. The highest BCUT2D eigenvalue weighted by atomic mass is 16.3. The van der Waals surface area contributed by atoms with Crippen LogP contribution in [-0.4, -0.2) is 80.0 Å². The van der Waals surface area contributed by atoms with Gasteiger partial charge in [-0.2, -0.15) is 5.10 Å². The van der Waals surface area contributed by atoms with Crippen LogP contribution in [0, 0.1) is 5.92 Å². The van der Waals surface area contributed by atoms with E-state index < -0.39 is 5.69 Å². The monoisotopic (exact) mass is 534 g/mol. The number of carbonyl (C=O) groups is 1. The number of hydrogen-bond donors (Lipinski definition) is 4. The van der Waals surface area contributed by atoms with Crippen LogP contribution in [0.1, 0.15) is 50.2 Å². The third kappa shape index (κ3) is 5.86. The number of aromatic nitrogens is 3. The van der Waals surface area contributed by atoms with Crippen molar-refractivity contribution in [2.45, 2.75) is 51.6 Å². The smallest absolute Gasteiger partial charge is 0.348 e. The molecule has 1 amide bonds. The van der Waals surface area contributed by atoms with Gasteiger partial charge in [-0.1, -0.05) is 26.0 Å². The van der Waals surface area contributed by atoms with Crippen LogP contribution in [-0.2, 0) is 11.3 Å². The molecule has 2 saturated heterocycles. The van der Waals surface area contributed by atoms with Gasteiger partial charge in [-0.15, -0.1) is 0 Å². The summed E-state index contributed by atoms with van der Waals surface area (Å²) in [6, 6.07) is 11.0. The fourth-order valence-corrected chi connectivity index (χ4v) is 5.69. The van der Waals surface area contributed by atoms with E-state index in [0.717, 1.165) is 57.5 Å². The molecule has 1 atom stereocenters. The molecule has 1 unspecified atom stereocenters. The van der Waals surface area contributed by atoms with Crippen LogP contribution in [0.2, 0.25) is 0 Å². The number of rotatable bonds is 7. The number of carbonyl (C=O) groups excluding carboxylic acids is 1. The van der Waals surface area contributed by atoms with E-state index in [-0.39, 0.29) is 41.1 Å². The van der Waals surface area contributed by atoms with E-state index >= 15 is 0 Å². The molecule has 2 aliphatic rings. The van der Waals surface area contributed by atoms with Crippen molar-refractivity contribution in [2.75, 3.05) is 33.2 Å². The second kappa shape index (κ2) is 11.2. The number of amides is 1. The molecule has 4 N–H and O–H groups in total. The van der Waals surface area contributed by atoms with Gasteiger partial charge in [0.05, 0.1) is 11.3 Å². The van der Waals surface area contributed by atoms with Crippen LogP contribution in [0.15, 0.2) is 41.2 Å². The van der Waals surface area contributed by atoms with E-state index in [9.17, 15) is 19.8 Å². The molecule has 3 aromatic rings. The van der Waals surface area contributed by atoms with Crippen molar-refractivity contribution < 1.29 is 15.0 Å². The number of nitrogens with zero attached hydrogens (tertiary/aromatic N) is 4. The predicted molar refractivity (Wildman–Crippen MR) is 149 cm³/mol. The van der Waals surface area contributed by atoms with Gasteiger partial charge in [-0.05, 0) is 81.2 Å². The first kappa shape index (κ1) is 27.0. The molecule has 0 bridgehead atoms. The molecule has 2 aliphatic heterocycles. The normalized spacial score (nSPS) is 19.1. The van der Waals surface area contributed by atoms with E-state index in [1.807, 2.05) is 38.1 Å². The number of likely N-dealkylation sites (tertiary alicyclic amines) is 2. The predicted octanol–water partition coefficient (Wildman–Crippen LogP) is 2.79. The van der Waals surface area contributed by atoms with Crippen LogP contribution in [0.3, 0.4) is 0 Å². The maximum Gasteiger partial charge on any atom is 0.348 e. The standard InChI is InChI=1S/C29H38N6O4/c1-18(2)23-14-24(26(37)15-25(23)36)27-31-32-29(39)35(27)22-6-4-19(5-7-22)16-34-12-8-20(9-13-34)28(38)30-21-10-11-33(3)17-21/h4-7,14-15,18,20-21,36-37H,8-13,16-17H2,1-3H3,(H,30,38)(H,32,39). The van der Waals surface area contributed by atoms with Crippen LogP contribution in [0.25, 0.3) is 17.1 Å². The van der Waals surface area contributed by atoms with Gasteiger partial charge in [-0.3, -0.25) is 9.69 Å². The molecule has 10 heteroatoms. The lowest BCUT2D eigenvalue weighted by molar-refractivity contribution is -0.127. The minimum atomic E-state index is -0.416. The number of aromatic hydroxyl groups is 2. The molecule has 0 radical (unpaired) electrons. The van der Waals surface area contributed by atoms with Crippen LogP contribution < -0.4 is 11.0 Å². The Hall–Kier alpha value is -3.63. The quantitative estimate of drug-likeness (QED) is 0.367. The van der Waals surface area contributed by atoms with Crippen molar-refractivity contribution in [3.63, 3.8) is 0 Å². The number of likely N-dealkylation sites (N-methyl/N-ethyl adjacent to an activating group) is 1. The average molecular weight is 535 g/mol. The first-order valence-corrected chi connectivity index (χ1v) is 13.7. The van der Waals surface area contributed by atoms with Gasteiger partial charge in [0, 0.05) is 31.1 Å². The Labute approximate surface area is 228 Å². The topological polar surface area (TPSA) is 127 Å². The molecule has 39 heavy (non-hydrogen) atoms. The Morgan fingerprint density at radius 1 is 1.08 bits per heavy atom. The first-order chi connectivity index (χ1) is 18.7. The van der Waals surface area contributed by atoms with Gasteiger partial charge in [0.2, 0.25) is 5.91 Å². The Kier molecular flexibility index (Phi) is 7.76. The molecule has 2 aromatic carbocycles. The summed E-state index contributed by atoms with van der Waals surface area (Å²) in [5.41, 5.74) is 2.35. The highest BCUT2D eigenvalue weighted by Crippen LogP contribution is 2.37. The van der Waals surface area contributed by atoms with E-state index in [1.165, 1.54) is 10.6 Å². The maximum atomic E-state index is 12.7. The first-order valence-electron chi connectivity index (χ1n) is 13.7. The molecule has 2 fully saturated rings. The third-order valence-corrected chi connectivity index (χ3v) is 7.98. The lowest BCUT2D eigenvalue weighted by Crippen LogP contribution is -2.44. The van der Waals surface area contributed by atoms with E-state index in [2.05, 4.69) is 32.4 Å². The Morgan fingerprint density at radius 3 is 2.44 bits per heavy atom. The lowest BCUT2D eigenvalue weighted by atomic mass is 9.95. The maximum absolute atomic E-state index is 12.7. The summed E-state index contributed by atoms with van der Waals surface area (Å²) < 4.78 is 1.42. The minimum absolute atomic E-state index is 0.00588. The van der Waals surface area contributed by atoms with Crippen molar-refractivity contribution in [3.05, 3.63) is 58.0 Å². The van der Waals surface area contributed by atoms with Crippen LogP contribution in [0.5, 0.6) is 11.5 Å². The zero-order chi connectivity index (χ0) is 27.7. The zero-order valence-electron chi connectivity index (χ0n) is 22.9. The van der Waals surface area contributed by atoms with Gasteiger partial charge in [0.25, 0.3) is 0 Å². The fourth-order valence-electron chi connectivity index (χ4n) is 5.69. The molecule has 0 spiro atoms. The molecule has 10 nitrogen and oxygen atoms in total. The molecule has 208 valence electrons. The summed E-state index contributed by atoms with van der Waals surface area (Å²) in [6.07, 6.45) is 2.74. The second-order valence-corrected chi connectivity index (χ2v) is 11.2.